The van der Waals surface area contributed by atoms with Crippen LogP contribution >= 0.6 is 11.3 Å². The summed E-state index contributed by atoms with van der Waals surface area (Å²) in [4.78, 5) is 22.8. The molecule has 5 heterocycles. The molecule has 0 aliphatic carbocycles. The van der Waals surface area contributed by atoms with Crippen LogP contribution in [-0.4, -0.2) is 58.7 Å². The maximum Gasteiger partial charge on any atom is 0.255 e. The number of likely N-dealkylation sites (tertiary alicyclic amines) is 1. The molecule has 2 aromatic heterocycles. The molecule has 7 heteroatoms. The summed E-state index contributed by atoms with van der Waals surface area (Å²) in [5.41, 5.74) is 3.58. The van der Waals surface area contributed by atoms with Gasteiger partial charge in [0.2, 0.25) is 0 Å². The number of hydrogen-bond acceptors (Lipinski definition) is 6. The SMILES string of the molecule is Cc1nc(CN2C[C@@H]3C[C@H](C2)c2ccc(CN4CCCOCC4)c(=O)n2C3)cs1. The number of piperidine rings is 1. The first-order chi connectivity index (χ1) is 14.2. The number of aryl methyl sites for hydroxylation is 1. The van der Waals surface area contributed by atoms with Gasteiger partial charge in [0.15, 0.2) is 0 Å². The quantitative estimate of drug-likeness (QED) is 0.769. The van der Waals surface area contributed by atoms with Crippen molar-refractivity contribution in [1.82, 2.24) is 19.4 Å². The second kappa shape index (κ2) is 8.30. The van der Waals surface area contributed by atoms with Crippen LogP contribution in [0.1, 0.15) is 40.7 Å². The van der Waals surface area contributed by atoms with Gasteiger partial charge in [0.1, 0.15) is 0 Å². The number of ether oxygens (including phenoxy) is 1. The van der Waals surface area contributed by atoms with Gasteiger partial charge >= 0.3 is 0 Å². The summed E-state index contributed by atoms with van der Waals surface area (Å²) in [7, 11) is 0. The van der Waals surface area contributed by atoms with Crippen LogP contribution in [0.25, 0.3) is 0 Å². The minimum Gasteiger partial charge on any atom is -0.380 e. The van der Waals surface area contributed by atoms with Crippen molar-refractivity contribution in [3.8, 4) is 0 Å². The van der Waals surface area contributed by atoms with Crippen molar-refractivity contribution in [3.63, 3.8) is 0 Å². The van der Waals surface area contributed by atoms with Gasteiger partial charge < -0.3 is 9.30 Å². The van der Waals surface area contributed by atoms with Crippen molar-refractivity contribution < 1.29 is 4.74 Å². The Morgan fingerprint density at radius 2 is 2.07 bits per heavy atom. The number of aromatic nitrogens is 2. The van der Waals surface area contributed by atoms with Crippen molar-refractivity contribution >= 4 is 11.3 Å². The molecule has 6 nitrogen and oxygen atoms in total. The van der Waals surface area contributed by atoms with E-state index in [1.807, 2.05) is 0 Å². The highest BCUT2D eigenvalue weighted by atomic mass is 32.1. The van der Waals surface area contributed by atoms with E-state index in [0.29, 0.717) is 11.8 Å². The molecule has 0 spiro atoms. The van der Waals surface area contributed by atoms with E-state index < -0.39 is 0 Å². The molecule has 29 heavy (non-hydrogen) atoms. The van der Waals surface area contributed by atoms with Crippen LogP contribution < -0.4 is 5.56 Å². The molecular formula is C22H30N4O2S. The monoisotopic (exact) mass is 414 g/mol. The molecule has 2 saturated heterocycles. The Balaban J connectivity index is 1.33. The Morgan fingerprint density at radius 3 is 2.93 bits per heavy atom. The molecule has 3 aliphatic heterocycles. The second-order valence-corrected chi connectivity index (χ2v) is 9.85. The molecule has 5 rings (SSSR count). The topological polar surface area (TPSA) is 50.6 Å². The van der Waals surface area contributed by atoms with E-state index >= 15 is 0 Å². The largest absolute Gasteiger partial charge is 0.380 e. The standard InChI is InChI=1S/C22H30N4O2S/c1-16-23-20(15-29-16)14-25-10-17-9-19(13-25)21-4-3-18(22(27)26(21)11-17)12-24-5-2-7-28-8-6-24/h3-4,15,17,19H,2,5-14H2,1H3/t17-,19+/m0/s1. The van der Waals surface area contributed by atoms with Gasteiger partial charge in [-0.05, 0) is 31.7 Å². The highest BCUT2D eigenvalue weighted by Crippen LogP contribution is 2.35. The van der Waals surface area contributed by atoms with Gasteiger partial charge in [-0.15, -0.1) is 11.3 Å². The fourth-order valence-corrected chi connectivity index (χ4v) is 5.85. The van der Waals surface area contributed by atoms with Gasteiger partial charge in [-0.25, -0.2) is 4.98 Å². The van der Waals surface area contributed by atoms with Crippen LogP contribution in [0.5, 0.6) is 0 Å². The third kappa shape index (κ3) is 4.19. The zero-order valence-corrected chi connectivity index (χ0v) is 18.0. The summed E-state index contributed by atoms with van der Waals surface area (Å²) in [6.07, 6.45) is 2.25. The summed E-state index contributed by atoms with van der Waals surface area (Å²) >= 11 is 1.73. The van der Waals surface area contributed by atoms with E-state index in [4.69, 9.17) is 4.74 Å². The molecule has 2 atom stereocenters. The van der Waals surface area contributed by atoms with E-state index in [-0.39, 0.29) is 5.56 Å². The minimum atomic E-state index is 0.228. The van der Waals surface area contributed by atoms with E-state index in [2.05, 4.69) is 43.8 Å². The zero-order valence-electron chi connectivity index (χ0n) is 17.2. The lowest BCUT2D eigenvalue weighted by Crippen LogP contribution is -2.47. The number of pyridine rings is 1. The molecule has 2 bridgehead atoms. The fourth-order valence-electron chi connectivity index (χ4n) is 5.25. The predicted molar refractivity (Wildman–Crippen MR) is 114 cm³/mol. The number of hydrogen-bond donors (Lipinski definition) is 0. The number of nitrogens with zero attached hydrogens (tertiary/aromatic N) is 4. The molecule has 2 fully saturated rings. The number of rotatable bonds is 4. The molecule has 156 valence electrons. The molecule has 3 aliphatic rings. The summed E-state index contributed by atoms with van der Waals surface area (Å²) < 4.78 is 7.64. The van der Waals surface area contributed by atoms with Gasteiger partial charge in [-0.3, -0.25) is 14.6 Å². The highest BCUT2D eigenvalue weighted by Gasteiger charge is 2.35. The van der Waals surface area contributed by atoms with Crippen LogP contribution in [0.15, 0.2) is 22.3 Å². The zero-order chi connectivity index (χ0) is 19.8. The first kappa shape index (κ1) is 19.4. The fraction of sp³-hybridized carbons (Fsp3) is 0.636. The van der Waals surface area contributed by atoms with Crippen LogP contribution in [0.3, 0.4) is 0 Å². The molecule has 0 aromatic carbocycles. The van der Waals surface area contributed by atoms with E-state index in [9.17, 15) is 4.79 Å². The van der Waals surface area contributed by atoms with Crippen LogP contribution in [0.4, 0.5) is 0 Å². The third-order valence-corrected chi connectivity index (χ3v) is 7.34. The molecule has 0 unspecified atom stereocenters. The van der Waals surface area contributed by atoms with Crippen molar-refractivity contribution in [3.05, 3.63) is 49.8 Å². The lowest BCUT2D eigenvalue weighted by Gasteiger charge is -2.42. The van der Waals surface area contributed by atoms with E-state index in [1.165, 1.54) is 17.8 Å². The van der Waals surface area contributed by atoms with Crippen molar-refractivity contribution in [2.75, 3.05) is 39.4 Å². The molecular weight excluding hydrogens is 384 g/mol. The van der Waals surface area contributed by atoms with E-state index in [1.54, 1.807) is 11.3 Å². The lowest BCUT2D eigenvalue weighted by molar-refractivity contribution is 0.113. The molecule has 0 N–H and O–H groups in total. The Hall–Kier alpha value is -1.54. The molecule has 0 radical (unpaired) electrons. The third-order valence-electron chi connectivity index (χ3n) is 6.52. The van der Waals surface area contributed by atoms with Crippen LogP contribution in [0, 0.1) is 12.8 Å². The Kier molecular flexibility index (Phi) is 5.56. The normalized spacial score (nSPS) is 25.6. The maximum atomic E-state index is 13.3. The van der Waals surface area contributed by atoms with Crippen molar-refractivity contribution in [2.24, 2.45) is 5.92 Å². The minimum absolute atomic E-state index is 0.228. The second-order valence-electron chi connectivity index (χ2n) is 8.79. The highest BCUT2D eigenvalue weighted by molar-refractivity contribution is 7.09. The van der Waals surface area contributed by atoms with Crippen molar-refractivity contribution in [1.29, 1.82) is 0 Å². The molecule has 0 saturated carbocycles. The average Bonchev–Trinajstić information content (AvgIpc) is 2.95. The van der Waals surface area contributed by atoms with Gasteiger partial charge in [-0.2, -0.15) is 0 Å². The summed E-state index contributed by atoms with van der Waals surface area (Å²) in [5.74, 6) is 1.01. The molecule has 0 amide bonds. The Bertz CT molecular complexity index is 916. The lowest BCUT2D eigenvalue weighted by atomic mass is 9.83. The van der Waals surface area contributed by atoms with Gasteiger partial charge in [0, 0.05) is 75.0 Å². The van der Waals surface area contributed by atoms with Gasteiger partial charge in [-0.1, -0.05) is 6.07 Å². The summed E-state index contributed by atoms with van der Waals surface area (Å²) in [5, 5.41) is 3.32. The first-order valence-corrected chi connectivity index (χ1v) is 11.7. The number of thiazole rings is 1. The summed E-state index contributed by atoms with van der Waals surface area (Å²) in [6.45, 7) is 10.2. The molecule has 2 aromatic rings. The van der Waals surface area contributed by atoms with E-state index in [0.717, 1.165) is 76.0 Å². The van der Waals surface area contributed by atoms with Crippen LogP contribution in [-0.2, 0) is 24.4 Å². The maximum absolute atomic E-state index is 13.3. The van der Waals surface area contributed by atoms with Crippen molar-refractivity contribution in [2.45, 2.75) is 45.3 Å². The number of fused-ring (bicyclic) bond motifs is 4. The average molecular weight is 415 g/mol. The Morgan fingerprint density at radius 1 is 1.14 bits per heavy atom. The van der Waals surface area contributed by atoms with Gasteiger partial charge in [0.25, 0.3) is 5.56 Å². The smallest absolute Gasteiger partial charge is 0.255 e. The Labute approximate surface area is 176 Å². The first-order valence-electron chi connectivity index (χ1n) is 10.8. The predicted octanol–water partition coefficient (Wildman–Crippen LogP) is 2.45. The van der Waals surface area contributed by atoms with Gasteiger partial charge in [0.05, 0.1) is 17.3 Å². The van der Waals surface area contributed by atoms with Crippen LogP contribution in [0.2, 0.25) is 0 Å². The summed E-state index contributed by atoms with van der Waals surface area (Å²) in [6, 6.07) is 4.31.